The highest BCUT2D eigenvalue weighted by atomic mass is 127. The second-order valence-corrected chi connectivity index (χ2v) is 9.31. The van der Waals surface area contributed by atoms with Crippen LogP contribution in [0.25, 0.3) is 0 Å². The van der Waals surface area contributed by atoms with E-state index in [2.05, 4.69) is 33.8 Å². The largest absolute Gasteiger partial charge is 0.379 e. The number of hydrogen-bond acceptors (Lipinski definition) is 6. The Balaban J connectivity index is 0.00000240. The van der Waals surface area contributed by atoms with Crippen molar-refractivity contribution in [2.24, 2.45) is 4.99 Å². The molecule has 29 heavy (non-hydrogen) atoms. The Morgan fingerprint density at radius 3 is 2.66 bits per heavy atom. The summed E-state index contributed by atoms with van der Waals surface area (Å²) in [7, 11) is 0. The van der Waals surface area contributed by atoms with Crippen LogP contribution in [0.2, 0.25) is 0 Å². The molecule has 0 aromatic heterocycles. The summed E-state index contributed by atoms with van der Waals surface area (Å²) < 4.78 is 17.5. The predicted octanol–water partition coefficient (Wildman–Crippen LogP) is 1.66. The molecule has 0 aromatic rings. The fourth-order valence-electron chi connectivity index (χ4n) is 4.74. The summed E-state index contributed by atoms with van der Waals surface area (Å²) in [6, 6.07) is 0. The van der Waals surface area contributed by atoms with Gasteiger partial charge in [-0.3, -0.25) is 9.89 Å². The lowest BCUT2D eigenvalue weighted by Gasteiger charge is -2.42. The van der Waals surface area contributed by atoms with Crippen molar-refractivity contribution in [3.05, 3.63) is 0 Å². The van der Waals surface area contributed by atoms with E-state index in [1.165, 1.54) is 17.9 Å². The van der Waals surface area contributed by atoms with Gasteiger partial charge in [-0.25, -0.2) is 0 Å². The van der Waals surface area contributed by atoms with Crippen molar-refractivity contribution in [3.63, 3.8) is 0 Å². The third-order valence-electron chi connectivity index (χ3n) is 6.40. The molecule has 4 heterocycles. The Kier molecular flexibility index (Phi) is 9.63. The van der Waals surface area contributed by atoms with E-state index >= 15 is 0 Å². The van der Waals surface area contributed by atoms with Crippen LogP contribution in [0.1, 0.15) is 26.2 Å². The van der Waals surface area contributed by atoms with Gasteiger partial charge in [0.2, 0.25) is 0 Å². The Bertz CT molecular complexity index is 524. The second kappa shape index (κ2) is 11.7. The molecule has 3 unspecified atom stereocenters. The van der Waals surface area contributed by atoms with Gasteiger partial charge in [-0.1, -0.05) is 0 Å². The Morgan fingerprint density at radius 1 is 1.14 bits per heavy atom. The molecule has 3 atom stereocenters. The van der Waals surface area contributed by atoms with Gasteiger partial charge in [0.25, 0.3) is 0 Å². The zero-order chi connectivity index (χ0) is 19.2. The molecule has 168 valence electrons. The Hall–Kier alpha value is 0.190. The number of halogens is 1. The van der Waals surface area contributed by atoms with Crippen LogP contribution >= 0.6 is 35.7 Å². The molecule has 0 amide bonds. The summed E-state index contributed by atoms with van der Waals surface area (Å²) in [5.74, 6) is 3.46. The molecule has 0 bridgehead atoms. The molecule has 7 nitrogen and oxygen atoms in total. The van der Waals surface area contributed by atoms with E-state index in [1.54, 1.807) is 0 Å². The first-order valence-electron chi connectivity index (χ1n) is 11.0. The second-order valence-electron chi connectivity index (χ2n) is 8.20. The number of aliphatic imine (C=N–C) groups is 1. The van der Waals surface area contributed by atoms with Crippen molar-refractivity contribution >= 4 is 41.7 Å². The number of rotatable bonds is 5. The number of ether oxygens (including phenoxy) is 3. The normalized spacial score (nSPS) is 34.2. The molecule has 1 N–H and O–H groups in total. The highest BCUT2D eigenvalue weighted by Crippen LogP contribution is 2.34. The zero-order valence-corrected chi connectivity index (χ0v) is 20.8. The van der Waals surface area contributed by atoms with E-state index in [1.807, 2.05) is 0 Å². The summed E-state index contributed by atoms with van der Waals surface area (Å²) in [4.78, 5) is 10.2. The molecule has 4 rings (SSSR count). The topological polar surface area (TPSA) is 58.6 Å². The maximum Gasteiger partial charge on any atom is 0.194 e. The van der Waals surface area contributed by atoms with Gasteiger partial charge < -0.3 is 24.4 Å². The van der Waals surface area contributed by atoms with E-state index in [0.717, 1.165) is 84.5 Å². The minimum Gasteiger partial charge on any atom is -0.379 e. The zero-order valence-electron chi connectivity index (χ0n) is 17.6. The van der Waals surface area contributed by atoms with Crippen LogP contribution in [0.15, 0.2) is 4.99 Å². The van der Waals surface area contributed by atoms with Gasteiger partial charge >= 0.3 is 0 Å². The molecule has 4 aliphatic rings. The first-order chi connectivity index (χ1) is 13.8. The lowest BCUT2D eigenvalue weighted by atomic mass is 9.96. The van der Waals surface area contributed by atoms with E-state index in [0.29, 0.717) is 0 Å². The molecule has 9 heteroatoms. The molecule has 4 fully saturated rings. The monoisotopic (exact) mass is 540 g/mol. The Morgan fingerprint density at radius 2 is 1.97 bits per heavy atom. The first kappa shape index (κ1) is 23.8. The number of nitrogens with one attached hydrogen (secondary N) is 1. The lowest BCUT2D eigenvalue weighted by Crippen LogP contribution is -2.57. The summed E-state index contributed by atoms with van der Waals surface area (Å²) in [5.41, 5.74) is 0.190. The third kappa shape index (κ3) is 5.91. The summed E-state index contributed by atoms with van der Waals surface area (Å²) in [5, 5.41) is 3.54. The van der Waals surface area contributed by atoms with Gasteiger partial charge in [-0.2, -0.15) is 11.8 Å². The highest BCUT2D eigenvalue weighted by Gasteiger charge is 2.41. The quantitative estimate of drug-likeness (QED) is 0.324. The van der Waals surface area contributed by atoms with Gasteiger partial charge in [0, 0.05) is 45.1 Å². The number of hydrogen-bond donors (Lipinski definition) is 1. The molecular weight excluding hydrogens is 503 g/mol. The SMILES string of the molecule is CCNC(=NCC1(N2CCOCC2)CCSC1)N1CCOC(C2CCCO2)C1.I. The highest BCUT2D eigenvalue weighted by molar-refractivity contribution is 14.0. The van der Waals surface area contributed by atoms with Crippen molar-refractivity contribution in [3.8, 4) is 0 Å². The van der Waals surface area contributed by atoms with Crippen LogP contribution in [0.4, 0.5) is 0 Å². The summed E-state index contributed by atoms with van der Waals surface area (Å²) in [6.45, 7) is 11.1. The predicted molar refractivity (Wildman–Crippen MR) is 129 cm³/mol. The standard InChI is InChI=1S/C20H36N4O3S.HI/c1-2-21-19(23-6-12-27-18(14-23)17-4-3-9-26-17)22-15-20(5-13-28-16-20)24-7-10-25-11-8-24;/h17-18H,2-16H2,1H3,(H,21,22);1H. The van der Waals surface area contributed by atoms with Crippen LogP contribution in [0, 0.1) is 0 Å². The molecule has 0 aliphatic carbocycles. The summed E-state index contributed by atoms with van der Waals surface area (Å²) >= 11 is 2.07. The van der Waals surface area contributed by atoms with Crippen LogP contribution in [0.3, 0.4) is 0 Å². The van der Waals surface area contributed by atoms with E-state index in [9.17, 15) is 0 Å². The smallest absolute Gasteiger partial charge is 0.194 e. The number of morpholine rings is 2. The third-order valence-corrected chi connectivity index (χ3v) is 7.63. The van der Waals surface area contributed by atoms with Crippen LogP contribution in [0.5, 0.6) is 0 Å². The molecule has 0 spiro atoms. The average molecular weight is 541 g/mol. The fourth-order valence-corrected chi connectivity index (χ4v) is 6.21. The lowest BCUT2D eigenvalue weighted by molar-refractivity contribution is -0.0817. The first-order valence-corrected chi connectivity index (χ1v) is 12.1. The van der Waals surface area contributed by atoms with Crippen molar-refractivity contribution in [2.75, 3.05) is 77.2 Å². The molecule has 0 radical (unpaired) electrons. The fraction of sp³-hybridized carbons (Fsp3) is 0.950. The van der Waals surface area contributed by atoms with Crippen molar-refractivity contribution in [1.29, 1.82) is 0 Å². The van der Waals surface area contributed by atoms with Gasteiger partial charge in [0.1, 0.15) is 6.10 Å². The summed E-state index contributed by atoms with van der Waals surface area (Å²) in [6.07, 6.45) is 3.90. The van der Waals surface area contributed by atoms with Crippen molar-refractivity contribution in [1.82, 2.24) is 15.1 Å². The van der Waals surface area contributed by atoms with E-state index < -0.39 is 0 Å². The number of nitrogens with zero attached hydrogens (tertiary/aromatic N) is 3. The molecule has 4 saturated heterocycles. The van der Waals surface area contributed by atoms with E-state index in [4.69, 9.17) is 19.2 Å². The van der Waals surface area contributed by atoms with Gasteiger partial charge in [-0.15, -0.1) is 24.0 Å². The van der Waals surface area contributed by atoms with Crippen LogP contribution in [-0.4, -0.2) is 111 Å². The van der Waals surface area contributed by atoms with Gasteiger partial charge in [0.15, 0.2) is 5.96 Å². The Labute approximate surface area is 196 Å². The molecule has 0 saturated carbocycles. The maximum absolute atomic E-state index is 6.04. The van der Waals surface area contributed by atoms with Gasteiger partial charge in [-0.05, 0) is 31.9 Å². The number of thioether (sulfide) groups is 1. The van der Waals surface area contributed by atoms with E-state index in [-0.39, 0.29) is 41.7 Å². The van der Waals surface area contributed by atoms with Crippen LogP contribution < -0.4 is 5.32 Å². The van der Waals surface area contributed by atoms with Crippen LogP contribution in [-0.2, 0) is 14.2 Å². The minimum absolute atomic E-state index is 0. The van der Waals surface area contributed by atoms with Gasteiger partial charge in [0.05, 0.1) is 38.0 Å². The minimum atomic E-state index is 0. The average Bonchev–Trinajstić information content (AvgIpc) is 3.45. The molecular formula is C20H37IN4O3S. The van der Waals surface area contributed by atoms with Crippen molar-refractivity contribution in [2.45, 2.75) is 43.9 Å². The van der Waals surface area contributed by atoms with Crippen molar-refractivity contribution < 1.29 is 14.2 Å². The molecule has 0 aromatic carbocycles. The number of guanidine groups is 1. The maximum atomic E-state index is 6.04. The molecule has 4 aliphatic heterocycles.